The number of hydrogen-bond acceptors (Lipinski definition) is 7. The Morgan fingerprint density at radius 2 is 1.74 bits per heavy atom. The molecule has 11 heteroatoms. The molecule has 1 aromatic heterocycles. The van der Waals surface area contributed by atoms with Crippen LogP contribution in [-0.4, -0.2) is 53.4 Å². The van der Waals surface area contributed by atoms with Crippen LogP contribution >= 0.6 is 0 Å². The maximum absolute atomic E-state index is 13.7. The van der Waals surface area contributed by atoms with Gasteiger partial charge in [0.1, 0.15) is 12.4 Å². The van der Waals surface area contributed by atoms with Gasteiger partial charge in [-0.15, -0.1) is 0 Å². The number of hydrogen-bond donors (Lipinski definition) is 3. The average Bonchev–Trinajstić information content (AvgIpc) is 3.00. The maximum atomic E-state index is 13.7. The lowest BCUT2D eigenvalue weighted by Crippen LogP contribution is -2.61. The molecule has 5 rings (SSSR count). The predicted octanol–water partition coefficient (Wildman–Crippen LogP) is 3.97. The van der Waals surface area contributed by atoms with Crippen LogP contribution in [0.4, 0.5) is 0 Å². The monoisotopic (exact) mass is 588 g/mol. The van der Waals surface area contributed by atoms with Crippen molar-refractivity contribution in [3.63, 3.8) is 0 Å². The Morgan fingerprint density at radius 3 is 2.52 bits per heavy atom. The topological polar surface area (TPSA) is 138 Å². The van der Waals surface area contributed by atoms with E-state index in [0.29, 0.717) is 18.6 Å². The number of aromatic nitrogens is 1. The van der Waals surface area contributed by atoms with Crippen LogP contribution in [0.2, 0.25) is 0 Å². The molecule has 10 nitrogen and oxygen atoms in total. The number of carbonyl (C=O) groups excluding carboxylic acids is 2. The molecule has 1 unspecified atom stereocenters. The molecule has 2 amide bonds. The summed E-state index contributed by atoms with van der Waals surface area (Å²) in [6.07, 6.45) is 0.414. The number of sulfonamides is 1. The number of rotatable bonds is 9. The number of carbonyl (C=O) groups is 2. The number of piperidine rings is 1. The number of pyridine rings is 1. The first-order valence-corrected chi connectivity index (χ1v) is 15.0. The van der Waals surface area contributed by atoms with Gasteiger partial charge in [0.15, 0.2) is 0 Å². The van der Waals surface area contributed by atoms with Crippen LogP contribution in [0, 0.1) is 6.92 Å². The average molecular weight is 589 g/mol. The highest BCUT2D eigenvalue weighted by atomic mass is 32.2. The molecule has 42 heavy (non-hydrogen) atoms. The molecule has 3 aromatic carbocycles. The van der Waals surface area contributed by atoms with Gasteiger partial charge in [0, 0.05) is 29.7 Å². The lowest BCUT2D eigenvalue weighted by Gasteiger charge is -2.42. The van der Waals surface area contributed by atoms with Crippen molar-refractivity contribution in [1.29, 1.82) is 0 Å². The highest BCUT2D eigenvalue weighted by Crippen LogP contribution is 2.31. The van der Waals surface area contributed by atoms with Gasteiger partial charge in [0.05, 0.1) is 27.9 Å². The summed E-state index contributed by atoms with van der Waals surface area (Å²) in [7, 11) is -3.89. The zero-order valence-electron chi connectivity index (χ0n) is 23.1. The van der Waals surface area contributed by atoms with Gasteiger partial charge in [0.25, 0.3) is 5.91 Å². The van der Waals surface area contributed by atoms with Gasteiger partial charge in [-0.25, -0.2) is 13.9 Å². The Labute approximate surface area is 244 Å². The molecule has 218 valence electrons. The van der Waals surface area contributed by atoms with Crippen LogP contribution in [-0.2, 0) is 21.4 Å². The molecule has 1 fully saturated rings. The molecule has 4 aromatic rings. The lowest BCUT2D eigenvalue weighted by molar-refractivity contribution is -0.131. The van der Waals surface area contributed by atoms with E-state index < -0.39 is 27.4 Å². The van der Waals surface area contributed by atoms with Crippen LogP contribution in [0.15, 0.2) is 89.8 Å². The molecule has 1 aliphatic rings. The second kappa shape index (κ2) is 12.3. The van der Waals surface area contributed by atoms with Crippen molar-refractivity contribution < 1.29 is 28.0 Å². The number of nitrogens with one attached hydrogen (secondary N) is 2. The maximum Gasteiger partial charge on any atom is 0.255 e. The molecule has 0 radical (unpaired) electrons. The Balaban J connectivity index is 1.40. The highest BCUT2D eigenvalue weighted by molar-refractivity contribution is 7.89. The van der Waals surface area contributed by atoms with Gasteiger partial charge >= 0.3 is 0 Å². The Morgan fingerprint density at radius 1 is 1.02 bits per heavy atom. The molecule has 0 bridgehead atoms. The number of hydroxylamine groups is 1. The van der Waals surface area contributed by atoms with Gasteiger partial charge in [0.2, 0.25) is 15.9 Å². The SMILES string of the molecule is Cc1cc(COc2ccccc2C(=O)NC2(CC(=O)NO)CCCN(S(=O)(=O)c3ccccc3)C2)c2ccccc2n1. The number of amides is 2. The molecule has 1 aliphatic heterocycles. The minimum Gasteiger partial charge on any atom is -0.488 e. The number of nitrogens with zero attached hydrogens (tertiary/aromatic N) is 2. The fraction of sp³-hybridized carbons (Fsp3) is 0.258. The fourth-order valence-electron chi connectivity index (χ4n) is 5.43. The van der Waals surface area contributed by atoms with Crippen LogP contribution in [0.1, 0.15) is 40.9 Å². The lowest BCUT2D eigenvalue weighted by atomic mass is 9.86. The first-order valence-electron chi connectivity index (χ1n) is 13.6. The summed E-state index contributed by atoms with van der Waals surface area (Å²) in [4.78, 5) is 30.8. The van der Waals surface area contributed by atoms with E-state index in [1.807, 2.05) is 37.3 Å². The molecule has 1 saturated heterocycles. The zero-order valence-corrected chi connectivity index (χ0v) is 23.9. The van der Waals surface area contributed by atoms with Gasteiger partial charge < -0.3 is 10.1 Å². The van der Waals surface area contributed by atoms with Gasteiger partial charge in [-0.2, -0.15) is 4.31 Å². The second-order valence-electron chi connectivity index (χ2n) is 10.4. The number of benzene rings is 3. The summed E-state index contributed by atoms with van der Waals surface area (Å²) in [5.74, 6) is -0.926. The van der Waals surface area contributed by atoms with Crippen LogP contribution in [0.3, 0.4) is 0 Å². The number of aryl methyl sites for hydroxylation is 1. The van der Waals surface area contributed by atoms with E-state index in [4.69, 9.17) is 4.74 Å². The van der Waals surface area contributed by atoms with E-state index in [1.165, 1.54) is 16.4 Å². The molecule has 0 saturated carbocycles. The van der Waals surface area contributed by atoms with Crippen LogP contribution in [0.25, 0.3) is 10.9 Å². The third kappa shape index (κ3) is 6.28. The summed E-state index contributed by atoms with van der Waals surface area (Å²) in [6, 6.07) is 24.5. The smallest absolute Gasteiger partial charge is 0.255 e. The van der Waals surface area contributed by atoms with Gasteiger partial charge in [-0.3, -0.25) is 19.8 Å². The summed E-state index contributed by atoms with van der Waals surface area (Å²) >= 11 is 0. The normalized spacial score (nSPS) is 17.5. The number of para-hydroxylation sites is 2. The van der Waals surface area contributed by atoms with Crippen molar-refractivity contribution in [2.24, 2.45) is 0 Å². The number of fused-ring (bicyclic) bond motifs is 1. The van der Waals surface area contributed by atoms with Crippen molar-refractivity contribution >= 4 is 32.7 Å². The molecular formula is C31H32N4O6S. The van der Waals surface area contributed by atoms with E-state index in [1.54, 1.807) is 47.9 Å². The van der Waals surface area contributed by atoms with Crippen LogP contribution < -0.4 is 15.5 Å². The summed E-state index contributed by atoms with van der Waals surface area (Å²) in [5.41, 5.74) is 3.19. The van der Waals surface area contributed by atoms with E-state index in [2.05, 4.69) is 10.3 Å². The summed E-state index contributed by atoms with van der Waals surface area (Å²) in [5, 5.41) is 13.2. The van der Waals surface area contributed by atoms with E-state index in [9.17, 15) is 23.2 Å². The van der Waals surface area contributed by atoms with Crippen molar-refractivity contribution in [2.45, 2.75) is 43.2 Å². The van der Waals surface area contributed by atoms with Gasteiger partial charge in [-0.05, 0) is 56.2 Å². The largest absolute Gasteiger partial charge is 0.488 e. The second-order valence-corrected chi connectivity index (χ2v) is 12.4. The first-order chi connectivity index (χ1) is 20.2. The van der Waals surface area contributed by atoms with Crippen molar-refractivity contribution in [3.05, 3.63) is 102 Å². The van der Waals surface area contributed by atoms with Crippen molar-refractivity contribution in [1.82, 2.24) is 20.1 Å². The van der Waals surface area contributed by atoms with E-state index in [0.717, 1.165) is 22.2 Å². The number of ether oxygens (including phenoxy) is 1. The molecule has 3 N–H and O–H groups in total. The zero-order chi connectivity index (χ0) is 29.7. The summed E-state index contributed by atoms with van der Waals surface area (Å²) < 4.78 is 34.3. The fourth-order valence-corrected chi connectivity index (χ4v) is 7.02. The third-order valence-corrected chi connectivity index (χ3v) is 9.23. The summed E-state index contributed by atoms with van der Waals surface area (Å²) in [6.45, 7) is 2.18. The quantitative estimate of drug-likeness (QED) is 0.199. The van der Waals surface area contributed by atoms with Gasteiger partial charge in [-0.1, -0.05) is 48.5 Å². The molecular weight excluding hydrogens is 556 g/mol. The molecule has 0 spiro atoms. The molecule has 0 aliphatic carbocycles. The molecule has 2 heterocycles. The van der Waals surface area contributed by atoms with Crippen LogP contribution in [0.5, 0.6) is 5.75 Å². The Kier molecular flexibility index (Phi) is 8.53. The van der Waals surface area contributed by atoms with E-state index >= 15 is 0 Å². The predicted molar refractivity (Wildman–Crippen MR) is 156 cm³/mol. The van der Waals surface area contributed by atoms with Crippen molar-refractivity contribution in [2.75, 3.05) is 13.1 Å². The Hall–Kier alpha value is -4.32. The standard InChI is InChI=1S/C31H32N4O6S/c1-22-18-23(25-12-5-7-14-27(25)32-22)20-41-28-15-8-6-13-26(28)30(37)33-31(19-29(36)34-38)16-9-17-35(21-31)42(39,40)24-10-3-2-4-11-24/h2-8,10-15,18,38H,9,16-17,19-21H2,1H3,(H,33,37)(H,34,36). The highest BCUT2D eigenvalue weighted by Gasteiger charge is 2.43. The first kappa shape index (κ1) is 29.2. The Bertz CT molecular complexity index is 1710. The van der Waals surface area contributed by atoms with Crippen molar-refractivity contribution in [3.8, 4) is 5.75 Å². The molecule has 1 atom stereocenters. The minimum atomic E-state index is -3.89. The minimum absolute atomic E-state index is 0.122. The van der Waals surface area contributed by atoms with E-state index in [-0.39, 0.29) is 36.6 Å². The third-order valence-electron chi connectivity index (χ3n) is 7.37.